The number of hydrogen-bond acceptors (Lipinski definition) is 3. The zero-order valence-corrected chi connectivity index (χ0v) is 15.1. The Balaban J connectivity index is 2.07. The highest BCUT2D eigenvalue weighted by Gasteiger charge is 2.28. The quantitative estimate of drug-likeness (QED) is 0.871. The van der Waals surface area contributed by atoms with Gasteiger partial charge in [-0.2, -0.15) is 0 Å². The second-order valence-corrected chi connectivity index (χ2v) is 8.30. The summed E-state index contributed by atoms with van der Waals surface area (Å²) in [5.74, 6) is -0.648. The summed E-state index contributed by atoms with van der Waals surface area (Å²) in [6.45, 7) is 5.39. The number of sulfone groups is 1. The normalized spacial score (nSPS) is 12.6. The van der Waals surface area contributed by atoms with Crippen LogP contribution in [-0.4, -0.2) is 19.6 Å². The smallest absolute Gasteiger partial charge is 0.242 e. The van der Waals surface area contributed by atoms with Crippen LogP contribution >= 0.6 is 0 Å². The van der Waals surface area contributed by atoms with E-state index in [9.17, 15) is 13.2 Å². The van der Waals surface area contributed by atoms with E-state index in [2.05, 4.69) is 5.32 Å². The molecular formula is C19H23NO3S. The standard InChI is InChI=1S/C19H23NO3S/c1-4-16-8-10-18(11-9-16)20-19(21)15(3)24(22,23)13-17-7-5-6-14(2)12-17/h5-12,15H,4,13H2,1-3H3,(H,20,21)/t15-/m1/s1. The van der Waals surface area contributed by atoms with E-state index in [0.717, 1.165) is 17.5 Å². The molecule has 1 amide bonds. The Bertz CT molecular complexity index is 811. The van der Waals surface area contributed by atoms with Crippen molar-refractivity contribution in [3.8, 4) is 0 Å². The Labute approximate surface area is 143 Å². The number of rotatable bonds is 6. The molecule has 24 heavy (non-hydrogen) atoms. The Morgan fingerprint density at radius 2 is 1.75 bits per heavy atom. The van der Waals surface area contributed by atoms with Crippen LogP contribution < -0.4 is 5.32 Å². The molecule has 0 radical (unpaired) electrons. The summed E-state index contributed by atoms with van der Waals surface area (Å²) in [7, 11) is -3.57. The average molecular weight is 345 g/mol. The largest absolute Gasteiger partial charge is 0.325 e. The minimum Gasteiger partial charge on any atom is -0.325 e. The molecule has 1 N–H and O–H groups in total. The molecule has 1 atom stereocenters. The summed E-state index contributed by atoms with van der Waals surface area (Å²) in [5, 5.41) is 1.57. The maximum Gasteiger partial charge on any atom is 0.242 e. The van der Waals surface area contributed by atoms with Crippen molar-refractivity contribution >= 4 is 21.4 Å². The van der Waals surface area contributed by atoms with Gasteiger partial charge >= 0.3 is 0 Å². The lowest BCUT2D eigenvalue weighted by Crippen LogP contribution is -2.33. The van der Waals surface area contributed by atoms with Crippen LogP contribution in [0.4, 0.5) is 5.69 Å². The van der Waals surface area contributed by atoms with Crippen molar-refractivity contribution in [1.29, 1.82) is 0 Å². The molecule has 2 aromatic carbocycles. The van der Waals surface area contributed by atoms with Gasteiger partial charge in [0, 0.05) is 5.69 Å². The molecule has 0 heterocycles. The fourth-order valence-corrected chi connectivity index (χ4v) is 3.67. The van der Waals surface area contributed by atoms with E-state index in [1.807, 2.05) is 44.2 Å². The highest BCUT2D eigenvalue weighted by Crippen LogP contribution is 2.16. The topological polar surface area (TPSA) is 63.2 Å². The lowest BCUT2D eigenvalue weighted by atomic mass is 10.1. The minimum absolute atomic E-state index is 0.141. The first-order valence-electron chi connectivity index (χ1n) is 7.98. The van der Waals surface area contributed by atoms with Crippen LogP contribution in [0.5, 0.6) is 0 Å². The van der Waals surface area contributed by atoms with Crippen LogP contribution in [0.1, 0.15) is 30.5 Å². The molecule has 0 bridgehead atoms. The molecule has 2 rings (SSSR count). The van der Waals surface area contributed by atoms with Crippen LogP contribution in [0.15, 0.2) is 48.5 Å². The highest BCUT2D eigenvalue weighted by atomic mass is 32.2. The number of hydrogen-bond donors (Lipinski definition) is 1. The number of carbonyl (C=O) groups is 1. The first-order chi connectivity index (χ1) is 11.3. The molecule has 0 fully saturated rings. The molecule has 0 aromatic heterocycles. The Kier molecular flexibility index (Phi) is 5.78. The van der Waals surface area contributed by atoms with E-state index in [1.54, 1.807) is 18.2 Å². The van der Waals surface area contributed by atoms with E-state index in [0.29, 0.717) is 11.3 Å². The van der Waals surface area contributed by atoms with Crippen LogP contribution in [0.25, 0.3) is 0 Å². The van der Waals surface area contributed by atoms with Gasteiger partial charge in [0.05, 0.1) is 5.75 Å². The molecule has 0 unspecified atom stereocenters. The first kappa shape index (κ1) is 18.2. The van der Waals surface area contributed by atoms with Gasteiger partial charge in [0.25, 0.3) is 0 Å². The third-order valence-electron chi connectivity index (χ3n) is 3.99. The molecule has 2 aromatic rings. The van der Waals surface area contributed by atoms with E-state index < -0.39 is 21.0 Å². The fraction of sp³-hybridized carbons (Fsp3) is 0.316. The highest BCUT2D eigenvalue weighted by molar-refractivity contribution is 7.92. The summed E-state index contributed by atoms with van der Waals surface area (Å²) in [6.07, 6.45) is 0.912. The van der Waals surface area contributed by atoms with Gasteiger partial charge in [-0.15, -0.1) is 0 Å². The predicted octanol–water partition coefficient (Wildman–Crippen LogP) is 3.50. The second kappa shape index (κ2) is 7.62. The first-order valence-corrected chi connectivity index (χ1v) is 9.70. The van der Waals surface area contributed by atoms with Gasteiger partial charge in [0.15, 0.2) is 9.84 Å². The summed E-state index contributed by atoms with van der Waals surface area (Å²) in [5.41, 5.74) is 3.46. The van der Waals surface area contributed by atoms with Gasteiger partial charge in [-0.3, -0.25) is 4.79 Å². The summed E-state index contributed by atoms with van der Waals surface area (Å²) in [4.78, 5) is 12.3. The summed E-state index contributed by atoms with van der Waals surface area (Å²) >= 11 is 0. The monoisotopic (exact) mass is 345 g/mol. The second-order valence-electron chi connectivity index (χ2n) is 5.98. The van der Waals surface area contributed by atoms with Gasteiger partial charge in [0.1, 0.15) is 5.25 Å². The number of carbonyl (C=O) groups excluding carboxylic acids is 1. The molecule has 0 spiro atoms. The number of amides is 1. The number of anilines is 1. The molecule has 0 saturated carbocycles. The van der Waals surface area contributed by atoms with Gasteiger partial charge in [0.2, 0.25) is 5.91 Å². The lowest BCUT2D eigenvalue weighted by molar-refractivity contribution is -0.115. The van der Waals surface area contributed by atoms with Gasteiger partial charge in [-0.1, -0.05) is 48.9 Å². The van der Waals surface area contributed by atoms with Gasteiger partial charge in [-0.05, 0) is 43.5 Å². The molecule has 4 nitrogen and oxygen atoms in total. The van der Waals surface area contributed by atoms with Crippen LogP contribution in [0.3, 0.4) is 0 Å². The van der Waals surface area contributed by atoms with Gasteiger partial charge in [-0.25, -0.2) is 8.42 Å². The van der Waals surface area contributed by atoms with Crippen molar-refractivity contribution in [1.82, 2.24) is 0 Å². The molecular weight excluding hydrogens is 322 g/mol. The summed E-state index contributed by atoms with van der Waals surface area (Å²) < 4.78 is 25.0. The molecule has 0 saturated heterocycles. The van der Waals surface area contributed by atoms with Crippen molar-refractivity contribution in [3.05, 3.63) is 65.2 Å². The third-order valence-corrected chi connectivity index (χ3v) is 6.02. The zero-order chi connectivity index (χ0) is 17.7. The Morgan fingerprint density at radius 1 is 1.08 bits per heavy atom. The molecule has 128 valence electrons. The maximum absolute atomic E-state index is 12.5. The van der Waals surface area contributed by atoms with Crippen LogP contribution in [0, 0.1) is 6.92 Å². The van der Waals surface area contributed by atoms with E-state index in [-0.39, 0.29) is 5.75 Å². The van der Waals surface area contributed by atoms with E-state index >= 15 is 0 Å². The molecule has 0 aliphatic carbocycles. The zero-order valence-electron chi connectivity index (χ0n) is 14.2. The molecule has 0 aliphatic heterocycles. The number of nitrogens with one attached hydrogen (secondary N) is 1. The number of benzene rings is 2. The Hall–Kier alpha value is -2.14. The van der Waals surface area contributed by atoms with Crippen molar-refractivity contribution in [3.63, 3.8) is 0 Å². The lowest BCUT2D eigenvalue weighted by Gasteiger charge is -2.14. The predicted molar refractivity (Wildman–Crippen MR) is 97.7 cm³/mol. The van der Waals surface area contributed by atoms with Crippen molar-refractivity contribution in [2.75, 3.05) is 5.32 Å². The van der Waals surface area contributed by atoms with E-state index in [1.165, 1.54) is 6.92 Å². The number of aryl methyl sites for hydroxylation is 2. The molecule has 5 heteroatoms. The summed E-state index contributed by atoms with van der Waals surface area (Å²) in [6, 6.07) is 14.7. The SMILES string of the molecule is CCc1ccc(NC(=O)[C@@H](C)S(=O)(=O)Cc2cccc(C)c2)cc1. The maximum atomic E-state index is 12.5. The Morgan fingerprint density at radius 3 is 2.33 bits per heavy atom. The minimum atomic E-state index is -3.57. The van der Waals surface area contributed by atoms with E-state index in [4.69, 9.17) is 0 Å². The third kappa shape index (κ3) is 4.68. The van der Waals surface area contributed by atoms with Gasteiger partial charge < -0.3 is 5.32 Å². The van der Waals surface area contributed by atoms with Crippen molar-refractivity contribution < 1.29 is 13.2 Å². The molecule has 0 aliphatic rings. The van der Waals surface area contributed by atoms with Crippen molar-refractivity contribution in [2.45, 2.75) is 38.2 Å². The fourth-order valence-electron chi connectivity index (χ4n) is 2.39. The average Bonchev–Trinajstić information content (AvgIpc) is 2.54. The van der Waals surface area contributed by atoms with Crippen LogP contribution in [0.2, 0.25) is 0 Å². The van der Waals surface area contributed by atoms with Crippen LogP contribution in [-0.2, 0) is 26.8 Å². The van der Waals surface area contributed by atoms with Crippen molar-refractivity contribution in [2.24, 2.45) is 0 Å².